The zero-order chi connectivity index (χ0) is 17.7. The summed E-state index contributed by atoms with van der Waals surface area (Å²) in [5.74, 6) is -0.536. The number of halogens is 2. The molecule has 6 nitrogen and oxygen atoms in total. The van der Waals surface area contributed by atoms with Gasteiger partial charge in [-0.25, -0.2) is 14.4 Å². The van der Waals surface area contributed by atoms with Crippen molar-refractivity contribution in [2.45, 2.75) is 6.92 Å². The largest absolute Gasteiger partial charge is 0.349 e. The predicted molar refractivity (Wildman–Crippen MR) is 92.3 cm³/mol. The van der Waals surface area contributed by atoms with Gasteiger partial charge >= 0.3 is 0 Å². The molecule has 1 aromatic carbocycles. The van der Waals surface area contributed by atoms with Crippen molar-refractivity contribution in [2.75, 3.05) is 32.5 Å². The van der Waals surface area contributed by atoms with Gasteiger partial charge in [0.15, 0.2) is 0 Å². The van der Waals surface area contributed by atoms with Crippen molar-refractivity contribution in [3.63, 3.8) is 0 Å². The third-order valence-corrected chi connectivity index (χ3v) is 3.40. The zero-order valence-electron chi connectivity index (χ0n) is 13.7. The number of hydrogen-bond acceptors (Lipinski definition) is 5. The lowest BCUT2D eigenvalue weighted by molar-refractivity contribution is 0.0946. The van der Waals surface area contributed by atoms with Crippen LogP contribution >= 0.6 is 11.6 Å². The second-order valence-corrected chi connectivity index (χ2v) is 5.94. The van der Waals surface area contributed by atoms with E-state index in [0.29, 0.717) is 17.9 Å². The van der Waals surface area contributed by atoms with Crippen LogP contribution < -0.4 is 10.6 Å². The Hall–Kier alpha value is -2.25. The number of likely N-dealkylation sites (N-methyl/N-ethyl adjacent to an activating group) is 1. The Morgan fingerprint density at radius 3 is 2.71 bits per heavy atom. The first-order valence-corrected chi connectivity index (χ1v) is 7.73. The number of aromatic nitrogens is 2. The van der Waals surface area contributed by atoms with Crippen molar-refractivity contribution in [1.82, 2.24) is 20.2 Å². The first kappa shape index (κ1) is 18.1. The first-order valence-electron chi connectivity index (χ1n) is 7.36. The molecule has 0 saturated carbocycles. The number of benzene rings is 1. The number of aryl methyl sites for hydroxylation is 1. The fourth-order valence-electron chi connectivity index (χ4n) is 1.93. The average Bonchev–Trinajstić information content (AvgIpc) is 2.50. The van der Waals surface area contributed by atoms with E-state index in [4.69, 9.17) is 11.6 Å². The Balaban J connectivity index is 2.12. The van der Waals surface area contributed by atoms with Crippen molar-refractivity contribution in [2.24, 2.45) is 0 Å². The minimum Gasteiger partial charge on any atom is -0.349 e. The van der Waals surface area contributed by atoms with Gasteiger partial charge in [0, 0.05) is 24.5 Å². The third-order valence-electron chi connectivity index (χ3n) is 3.11. The molecule has 0 spiro atoms. The van der Waals surface area contributed by atoms with Crippen molar-refractivity contribution in [1.29, 1.82) is 0 Å². The summed E-state index contributed by atoms with van der Waals surface area (Å²) >= 11 is 5.75. The van der Waals surface area contributed by atoms with Crippen LogP contribution in [0.15, 0.2) is 24.3 Å². The van der Waals surface area contributed by atoms with E-state index in [2.05, 4.69) is 20.6 Å². The molecule has 0 fully saturated rings. The summed E-state index contributed by atoms with van der Waals surface area (Å²) in [6.45, 7) is 3.02. The molecule has 2 aromatic rings. The molecular weight excluding hydrogens is 333 g/mol. The lowest BCUT2D eigenvalue weighted by atomic mass is 10.3. The quantitative estimate of drug-likeness (QED) is 0.837. The van der Waals surface area contributed by atoms with Gasteiger partial charge in [-0.3, -0.25) is 4.79 Å². The Bertz CT molecular complexity index is 738. The summed E-state index contributed by atoms with van der Waals surface area (Å²) < 4.78 is 13.2. The molecule has 1 amide bonds. The lowest BCUT2D eigenvalue weighted by Crippen LogP contribution is -2.32. The van der Waals surface area contributed by atoms with Gasteiger partial charge in [0.1, 0.15) is 11.5 Å². The number of carbonyl (C=O) groups excluding carboxylic acids is 1. The van der Waals surface area contributed by atoms with Gasteiger partial charge in [-0.05, 0) is 45.3 Å². The number of hydrogen-bond donors (Lipinski definition) is 2. The molecule has 8 heteroatoms. The van der Waals surface area contributed by atoms with Crippen molar-refractivity contribution in [3.8, 4) is 0 Å². The van der Waals surface area contributed by atoms with E-state index in [1.807, 2.05) is 19.0 Å². The monoisotopic (exact) mass is 351 g/mol. The lowest BCUT2D eigenvalue weighted by Gasteiger charge is -2.11. The van der Waals surface area contributed by atoms with Gasteiger partial charge in [-0.15, -0.1) is 0 Å². The van der Waals surface area contributed by atoms with E-state index in [9.17, 15) is 9.18 Å². The van der Waals surface area contributed by atoms with Gasteiger partial charge in [0.05, 0.1) is 5.02 Å². The number of nitrogens with zero attached hydrogens (tertiary/aromatic N) is 3. The maximum atomic E-state index is 13.2. The molecule has 0 bridgehead atoms. The van der Waals surface area contributed by atoms with Crippen LogP contribution in [0.2, 0.25) is 5.02 Å². The van der Waals surface area contributed by atoms with Crippen LogP contribution in [0, 0.1) is 12.7 Å². The predicted octanol–water partition coefficient (Wildman–Crippen LogP) is 2.61. The smallest absolute Gasteiger partial charge is 0.270 e. The van der Waals surface area contributed by atoms with Crippen LogP contribution in [-0.2, 0) is 0 Å². The summed E-state index contributed by atoms with van der Waals surface area (Å²) in [7, 11) is 3.85. The van der Waals surface area contributed by atoms with Crippen LogP contribution in [0.25, 0.3) is 0 Å². The van der Waals surface area contributed by atoms with Crippen molar-refractivity contribution >= 4 is 29.1 Å². The highest BCUT2D eigenvalue weighted by molar-refractivity contribution is 6.31. The summed E-state index contributed by atoms with van der Waals surface area (Å²) in [4.78, 5) is 22.6. The molecule has 0 aliphatic carbocycles. The molecule has 0 radical (unpaired) electrons. The highest BCUT2D eigenvalue weighted by Gasteiger charge is 2.11. The fourth-order valence-corrected chi connectivity index (χ4v) is 2.11. The summed E-state index contributed by atoms with van der Waals surface area (Å²) in [5, 5.41) is 5.71. The number of nitrogens with one attached hydrogen (secondary N) is 2. The van der Waals surface area contributed by atoms with Crippen molar-refractivity contribution < 1.29 is 9.18 Å². The van der Waals surface area contributed by atoms with E-state index in [-0.39, 0.29) is 22.6 Å². The summed E-state index contributed by atoms with van der Waals surface area (Å²) in [6.07, 6.45) is 0. The van der Waals surface area contributed by atoms with Gasteiger partial charge in [-0.1, -0.05) is 11.6 Å². The SMILES string of the molecule is Cc1cc(C(=O)NCCN(C)C)nc(Nc2ccc(F)c(Cl)c2)n1. The van der Waals surface area contributed by atoms with E-state index in [1.165, 1.54) is 18.2 Å². The minimum atomic E-state index is -0.506. The Morgan fingerprint density at radius 2 is 2.04 bits per heavy atom. The summed E-state index contributed by atoms with van der Waals surface area (Å²) in [5.41, 5.74) is 1.43. The normalized spacial score (nSPS) is 10.8. The zero-order valence-corrected chi connectivity index (χ0v) is 14.5. The minimum absolute atomic E-state index is 0.00527. The number of amides is 1. The van der Waals surface area contributed by atoms with Crippen LogP contribution in [0.4, 0.5) is 16.0 Å². The summed E-state index contributed by atoms with van der Waals surface area (Å²) in [6, 6.07) is 5.80. The third kappa shape index (κ3) is 5.14. The maximum Gasteiger partial charge on any atom is 0.270 e. The van der Waals surface area contributed by atoms with E-state index >= 15 is 0 Å². The van der Waals surface area contributed by atoms with Gasteiger partial charge in [-0.2, -0.15) is 0 Å². The molecule has 0 aliphatic heterocycles. The first-order chi connectivity index (χ1) is 11.3. The van der Waals surface area contributed by atoms with Crippen LogP contribution in [-0.4, -0.2) is 48.0 Å². The molecule has 1 heterocycles. The fraction of sp³-hybridized carbons (Fsp3) is 0.312. The second kappa shape index (κ2) is 8.03. The van der Waals surface area contributed by atoms with E-state index < -0.39 is 5.82 Å². The molecule has 128 valence electrons. The molecule has 2 rings (SSSR count). The van der Waals surface area contributed by atoms with Crippen LogP contribution in [0.1, 0.15) is 16.2 Å². The molecule has 1 aromatic heterocycles. The molecule has 2 N–H and O–H groups in total. The van der Waals surface area contributed by atoms with Gasteiger partial charge in [0.25, 0.3) is 5.91 Å². The number of rotatable bonds is 6. The maximum absolute atomic E-state index is 13.2. The van der Waals surface area contributed by atoms with Crippen LogP contribution in [0.5, 0.6) is 0 Å². The molecule has 0 unspecified atom stereocenters. The molecule has 0 atom stereocenters. The number of anilines is 2. The second-order valence-electron chi connectivity index (χ2n) is 5.53. The standard InChI is InChI=1S/C16H19ClFN5O/c1-10-8-14(15(24)19-6-7-23(2)3)22-16(20-10)21-11-4-5-13(18)12(17)9-11/h4-5,8-9H,6-7H2,1-3H3,(H,19,24)(H,20,21,22). The Morgan fingerprint density at radius 1 is 1.29 bits per heavy atom. The Kier molecular flexibility index (Phi) is 6.05. The topological polar surface area (TPSA) is 70.2 Å². The molecular formula is C16H19ClFN5O. The van der Waals surface area contributed by atoms with Gasteiger partial charge < -0.3 is 15.5 Å². The highest BCUT2D eigenvalue weighted by atomic mass is 35.5. The van der Waals surface area contributed by atoms with E-state index in [0.717, 1.165) is 6.54 Å². The van der Waals surface area contributed by atoms with E-state index in [1.54, 1.807) is 13.0 Å². The molecule has 0 aliphatic rings. The average molecular weight is 352 g/mol. The highest BCUT2D eigenvalue weighted by Crippen LogP contribution is 2.21. The van der Waals surface area contributed by atoms with Gasteiger partial charge in [0.2, 0.25) is 5.95 Å². The van der Waals surface area contributed by atoms with Crippen molar-refractivity contribution in [3.05, 3.63) is 46.5 Å². The Labute approximate surface area is 145 Å². The van der Waals surface area contributed by atoms with Crippen LogP contribution in [0.3, 0.4) is 0 Å². The molecule has 0 saturated heterocycles. The molecule has 24 heavy (non-hydrogen) atoms. The number of carbonyl (C=O) groups is 1.